The largest absolute Gasteiger partial charge is 0.314 e. The van der Waals surface area contributed by atoms with Crippen molar-refractivity contribution in [2.75, 3.05) is 26.2 Å². The number of hydrogen-bond donors (Lipinski definition) is 1. The first-order valence-electron chi connectivity index (χ1n) is 4.92. The second kappa shape index (κ2) is 7.94. The van der Waals surface area contributed by atoms with Crippen LogP contribution >= 0.6 is 24.8 Å². The molecule has 1 aromatic rings. The predicted molar refractivity (Wildman–Crippen MR) is 69.1 cm³/mol. The van der Waals surface area contributed by atoms with Crippen LogP contribution in [0.1, 0.15) is 5.56 Å². The van der Waals surface area contributed by atoms with E-state index in [2.05, 4.69) is 40.5 Å². The molecule has 1 aliphatic rings. The zero-order valence-electron chi connectivity index (χ0n) is 8.69. The summed E-state index contributed by atoms with van der Waals surface area (Å²) in [5.74, 6) is 0. The van der Waals surface area contributed by atoms with Crippen LogP contribution in [0.4, 0.5) is 0 Å². The van der Waals surface area contributed by atoms with Gasteiger partial charge in [0.05, 0.1) is 0 Å². The fourth-order valence-electron chi connectivity index (χ4n) is 1.71. The van der Waals surface area contributed by atoms with Crippen molar-refractivity contribution in [1.82, 2.24) is 10.2 Å². The molecule has 86 valence electrons. The van der Waals surface area contributed by atoms with Crippen molar-refractivity contribution < 1.29 is 0 Å². The molecule has 0 spiro atoms. The van der Waals surface area contributed by atoms with Crippen molar-refractivity contribution in [3.05, 3.63) is 35.9 Å². The number of nitrogens with zero attached hydrogens (tertiary/aromatic N) is 1. The average molecular weight is 249 g/mol. The van der Waals surface area contributed by atoms with Crippen LogP contribution in [-0.2, 0) is 6.54 Å². The maximum Gasteiger partial charge on any atom is 0.0234 e. The van der Waals surface area contributed by atoms with Crippen molar-refractivity contribution in [2.45, 2.75) is 6.54 Å². The van der Waals surface area contributed by atoms with Crippen LogP contribution in [0.2, 0.25) is 0 Å². The molecule has 0 aliphatic carbocycles. The highest BCUT2D eigenvalue weighted by atomic mass is 35.5. The molecule has 1 heterocycles. The molecule has 0 atom stereocenters. The maximum absolute atomic E-state index is 3.36. The molecule has 0 amide bonds. The summed E-state index contributed by atoms with van der Waals surface area (Å²) in [6, 6.07) is 10.7. The molecule has 1 fully saturated rings. The number of hydrogen-bond acceptors (Lipinski definition) is 2. The minimum Gasteiger partial charge on any atom is -0.314 e. The predicted octanol–water partition coefficient (Wildman–Crippen LogP) is 1.94. The van der Waals surface area contributed by atoms with E-state index in [1.807, 2.05) is 0 Å². The van der Waals surface area contributed by atoms with Gasteiger partial charge in [-0.05, 0) is 5.56 Å². The lowest BCUT2D eigenvalue weighted by atomic mass is 10.2. The number of rotatable bonds is 2. The number of piperazine rings is 1. The van der Waals surface area contributed by atoms with Gasteiger partial charge in [-0.2, -0.15) is 0 Å². The minimum atomic E-state index is 0. The Morgan fingerprint density at radius 1 is 1.00 bits per heavy atom. The van der Waals surface area contributed by atoms with E-state index in [9.17, 15) is 0 Å². The zero-order chi connectivity index (χ0) is 8.93. The van der Waals surface area contributed by atoms with Crippen LogP contribution in [0.15, 0.2) is 30.3 Å². The van der Waals surface area contributed by atoms with E-state index in [0.29, 0.717) is 0 Å². The van der Waals surface area contributed by atoms with Gasteiger partial charge in [-0.15, -0.1) is 24.8 Å². The first-order chi connectivity index (χ1) is 6.45. The monoisotopic (exact) mass is 248 g/mol. The molecule has 0 radical (unpaired) electrons. The van der Waals surface area contributed by atoms with Crippen molar-refractivity contribution in [3.8, 4) is 0 Å². The van der Waals surface area contributed by atoms with Gasteiger partial charge in [0.1, 0.15) is 0 Å². The second-order valence-electron chi connectivity index (χ2n) is 3.51. The van der Waals surface area contributed by atoms with Gasteiger partial charge in [0.2, 0.25) is 0 Å². The lowest BCUT2D eigenvalue weighted by Gasteiger charge is -2.27. The lowest BCUT2D eigenvalue weighted by Crippen LogP contribution is -2.42. The molecule has 0 bridgehead atoms. The molecule has 1 saturated heterocycles. The van der Waals surface area contributed by atoms with E-state index in [0.717, 1.165) is 19.6 Å². The molecular weight excluding hydrogens is 231 g/mol. The summed E-state index contributed by atoms with van der Waals surface area (Å²) in [7, 11) is 0. The Kier molecular flexibility index (Phi) is 7.79. The van der Waals surface area contributed by atoms with Gasteiger partial charge < -0.3 is 5.32 Å². The normalized spacial score (nSPS) is 16.3. The Bertz CT molecular complexity index is 248. The Morgan fingerprint density at radius 2 is 1.60 bits per heavy atom. The molecule has 2 nitrogen and oxygen atoms in total. The molecule has 15 heavy (non-hydrogen) atoms. The molecule has 2 rings (SSSR count). The van der Waals surface area contributed by atoms with E-state index < -0.39 is 0 Å². The third-order valence-corrected chi connectivity index (χ3v) is 2.46. The summed E-state index contributed by atoms with van der Waals surface area (Å²) >= 11 is 0. The fraction of sp³-hybridized carbons (Fsp3) is 0.455. The standard InChI is InChI=1S/C11H16N2.2ClH/c1-2-4-11(5-3-1)10-13-8-6-12-7-9-13;;/h1-5,12H,6-10H2;2*1H. The van der Waals surface area contributed by atoms with Crippen LogP contribution in [0.3, 0.4) is 0 Å². The molecule has 1 N–H and O–H groups in total. The Morgan fingerprint density at radius 3 is 2.20 bits per heavy atom. The molecule has 0 unspecified atom stereocenters. The number of nitrogens with one attached hydrogen (secondary N) is 1. The molecule has 1 aromatic carbocycles. The van der Waals surface area contributed by atoms with Crippen LogP contribution in [0.25, 0.3) is 0 Å². The highest BCUT2D eigenvalue weighted by Gasteiger charge is 2.08. The van der Waals surface area contributed by atoms with Crippen LogP contribution < -0.4 is 5.32 Å². The molecule has 0 saturated carbocycles. The summed E-state index contributed by atoms with van der Waals surface area (Å²) < 4.78 is 0. The summed E-state index contributed by atoms with van der Waals surface area (Å²) in [5.41, 5.74) is 1.42. The quantitative estimate of drug-likeness (QED) is 0.861. The topological polar surface area (TPSA) is 15.3 Å². The van der Waals surface area contributed by atoms with E-state index >= 15 is 0 Å². The van der Waals surface area contributed by atoms with Gasteiger partial charge in [-0.25, -0.2) is 0 Å². The number of halogens is 2. The highest BCUT2D eigenvalue weighted by molar-refractivity contribution is 5.85. The zero-order valence-corrected chi connectivity index (χ0v) is 10.3. The summed E-state index contributed by atoms with van der Waals surface area (Å²) in [6.07, 6.45) is 0. The van der Waals surface area contributed by atoms with Crippen LogP contribution in [0, 0.1) is 0 Å². The van der Waals surface area contributed by atoms with E-state index in [1.54, 1.807) is 0 Å². The van der Waals surface area contributed by atoms with Gasteiger partial charge >= 0.3 is 0 Å². The van der Waals surface area contributed by atoms with Gasteiger partial charge in [0.25, 0.3) is 0 Å². The third-order valence-electron chi connectivity index (χ3n) is 2.46. The smallest absolute Gasteiger partial charge is 0.0234 e. The van der Waals surface area contributed by atoms with Gasteiger partial charge in [-0.1, -0.05) is 30.3 Å². The SMILES string of the molecule is Cl.Cl.c1ccc(CN2CCNCC2)cc1. The van der Waals surface area contributed by atoms with Crippen molar-refractivity contribution in [3.63, 3.8) is 0 Å². The van der Waals surface area contributed by atoms with E-state index in [4.69, 9.17) is 0 Å². The molecular formula is C11H18Cl2N2. The summed E-state index contributed by atoms with van der Waals surface area (Å²) in [6.45, 7) is 5.71. The van der Waals surface area contributed by atoms with E-state index in [-0.39, 0.29) is 24.8 Å². The van der Waals surface area contributed by atoms with Crippen molar-refractivity contribution >= 4 is 24.8 Å². The first-order valence-corrected chi connectivity index (χ1v) is 4.92. The lowest BCUT2D eigenvalue weighted by molar-refractivity contribution is 0.233. The number of benzene rings is 1. The van der Waals surface area contributed by atoms with Gasteiger partial charge in [0.15, 0.2) is 0 Å². The van der Waals surface area contributed by atoms with Crippen molar-refractivity contribution in [1.29, 1.82) is 0 Å². The van der Waals surface area contributed by atoms with E-state index in [1.165, 1.54) is 18.7 Å². The Balaban J connectivity index is 0.000000980. The summed E-state index contributed by atoms with van der Waals surface area (Å²) in [4.78, 5) is 2.49. The van der Waals surface area contributed by atoms with Gasteiger partial charge in [0, 0.05) is 32.7 Å². The fourth-order valence-corrected chi connectivity index (χ4v) is 1.71. The van der Waals surface area contributed by atoms with Crippen LogP contribution in [0.5, 0.6) is 0 Å². The minimum absolute atomic E-state index is 0. The molecule has 4 heteroatoms. The van der Waals surface area contributed by atoms with Crippen molar-refractivity contribution in [2.24, 2.45) is 0 Å². The molecule has 0 aromatic heterocycles. The Labute approximate surface area is 104 Å². The summed E-state index contributed by atoms with van der Waals surface area (Å²) in [5, 5.41) is 3.36. The van der Waals surface area contributed by atoms with Crippen LogP contribution in [-0.4, -0.2) is 31.1 Å². The molecule has 1 aliphatic heterocycles. The maximum atomic E-state index is 3.36. The second-order valence-corrected chi connectivity index (χ2v) is 3.51. The Hall–Kier alpha value is -0.280. The highest BCUT2D eigenvalue weighted by Crippen LogP contribution is 2.04. The average Bonchev–Trinajstić information content (AvgIpc) is 2.21. The van der Waals surface area contributed by atoms with Gasteiger partial charge in [-0.3, -0.25) is 4.90 Å². The first kappa shape index (κ1) is 14.7. The third kappa shape index (κ3) is 4.85.